The molecule has 2 aromatic rings. The summed E-state index contributed by atoms with van der Waals surface area (Å²) >= 11 is 2.03. The van der Waals surface area contributed by atoms with Crippen molar-refractivity contribution in [2.75, 3.05) is 9.33 Å². The highest BCUT2D eigenvalue weighted by Crippen LogP contribution is 2.54. The van der Waals surface area contributed by atoms with Gasteiger partial charge in [0.05, 0.1) is 5.69 Å². The number of hydrogen-bond acceptors (Lipinski definition) is 1. The van der Waals surface area contributed by atoms with E-state index in [4.69, 9.17) is 0 Å². The number of nitrogens with zero attached hydrogens (tertiary/aromatic N) is 1. The minimum absolute atomic E-state index is 0.324. The molecule has 0 spiro atoms. The third-order valence-electron chi connectivity index (χ3n) is 3.86. The minimum Gasteiger partial charge on any atom is -0.289 e. The van der Waals surface area contributed by atoms with Gasteiger partial charge in [-0.25, -0.2) is 0 Å². The van der Waals surface area contributed by atoms with Crippen LogP contribution in [0.4, 0.5) is 18.9 Å². The summed E-state index contributed by atoms with van der Waals surface area (Å²) in [6.45, 7) is 0. The van der Waals surface area contributed by atoms with Gasteiger partial charge in [-0.2, -0.15) is 13.2 Å². The van der Waals surface area contributed by atoms with Gasteiger partial charge in [0.1, 0.15) is 5.54 Å². The molecule has 3 rings (SSSR count). The first-order chi connectivity index (χ1) is 10.4. The van der Waals surface area contributed by atoms with Gasteiger partial charge in [0.2, 0.25) is 0 Å². The smallest absolute Gasteiger partial charge is 0.289 e. The molecule has 2 aromatic carbocycles. The van der Waals surface area contributed by atoms with Gasteiger partial charge in [-0.3, -0.25) is 9.69 Å². The van der Waals surface area contributed by atoms with Crippen molar-refractivity contribution in [3.05, 3.63) is 65.7 Å². The quantitative estimate of drug-likeness (QED) is 0.528. The Morgan fingerprint density at radius 1 is 1.05 bits per heavy atom. The molecule has 0 bridgehead atoms. The predicted octanol–water partition coefficient (Wildman–Crippen LogP) is 4.27. The summed E-state index contributed by atoms with van der Waals surface area (Å²) in [6.07, 6.45) is -4.90. The van der Waals surface area contributed by atoms with Gasteiger partial charge < -0.3 is 0 Å². The van der Waals surface area contributed by atoms with Gasteiger partial charge in [-0.1, -0.05) is 71.1 Å². The molecule has 1 unspecified atom stereocenters. The first-order valence-corrected chi connectivity index (χ1v) is 8.08. The number of alkyl halides is 4. The van der Waals surface area contributed by atoms with E-state index in [1.165, 1.54) is 0 Å². The third-order valence-corrected chi connectivity index (χ3v) is 4.97. The number of benzene rings is 2. The van der Waals surface area contributed by atoms with Crippen molar-refractivity contribution in [2.45, 2.75) is 11.7 Å². The number of amides is 1. The molecule has 0 saturated heterocycles. The molecule has 1 amide bonds. The number of anilines is 1. The van der Waals surface area contributed by atoms with Gasteiger partial charge in [-0.05, 0) is 11.6 Å². The molecule has 114 valence electrons. The normalized spacial score (nSPS) is 20.3. The Morgan fingerprint density at radius 3 is 2.23 bits per heavy atom. The molecule has 1 atom stereocenters. The lowest BCUT2D eigenvalue weighted by Crippen LogP contribution is -2.62. The number of carbonyl (C=O) groups excluding carboxylic acids is 1. The van der Waals surface area contributed by atoms with Crippen LogP contribution in [-0.4, -0.2) is 16.5 Å². The molecular weight excluding hydrogens is 406 g/mol. The fourth-order valence-corrected chi connectivity index (χ4v) is 4.10. The Morgan fingerprint density at radius 2 is 1.64 bits per heavy atom. The summed E-state index contributed by atoms with van der Waals surface area (Å²) in [4.78, 5) is 12.8. The summed E-state index contributed by atoms with van der Waals surface area (Å²) in [6, 6.07) is 15.6. The lowest BCUT2D eigenvalue weighted by atomic mass is 9.74. The van der Waals surface area contributed by atoms with Crippen molar-refractivity contribution in [2.24, 2.45) is 0 Å². The molecule has 2 nitrogen and oxygen atoms in total. The summed E-state index contributed by atoms with van der Waals surface area (Å²) in [5, 5.41) is 0. The molecule has 0 saturated carbocycles. The zero-order valence-electron chi connectivity index (χ0n) is 11.3. The monoisotopic (exact) mass is 417 g/mol. The van der Waals surface area contributed by atoms with Crippen molar-refractivity contribution in [3.8, 4) is 0 Å². The largest absolute Gasteiger partial charge is 0.471 e. The Kier molecular flexibility index (Phi) is 3.66. The van der Waals surface area contributed by atoms with Crippen LogP contribution in [0.1, 0.15) is 11.1 Å². The SMILES string of the molecule is O=C(N1c2ccccc2C1(CI)c1ccccc1)C(F)(F)F. The highest BCUT2D eigenvalue weighted by atomic mass is 127. The lowest BCUT2D eigenvalue weighted by Gasteiger charge is -2.53. The minimum atomic E-state index is -4.90. The summed E-state index contributed by atoms with van der Waals surface area (Å²) in [7, 11) is 0. The van der Waals surface area contributed by atoms with Crippen LogP contribution in [0.15, 0.2) is 54.6 Å². The molecule has 0 N–H and O–H groups in total. The standard InChI is InChI=1S/C16H11F3INO/c17-16(18,19)14(22)21-13-9-5-4-8-12(13)15(21,10-20)11-6-2-1-3-7-11/h1-9H,10H2. The Hall–Kier alpha value is -1.57. The molecule has 0 aliphatic carbocycles. The average Bonchev–Trinajstić information content (AvgIpc) is 2.49. The first-order valence-electron chi connectivity index (χ1n) is 6.55. The Balaban J connectivity index is 2.22. The van der Waals surface area contributed by atoms with E-state index in [0.29, 0.717) is 15.7 Å². The van der Waals surface area contributed by atoms with E-state index in [1.54, 1.807) is 54.6 Å². The molecular formula is C16H11F3INO. The van der Waals surface area contributed by atoms with Gasteiger partial charge in [0, 0.05) is 9.99 Å². The Bertz CT molecular complexity index is 717. The van der Waals surface area contributed by atoms with E-state index in [0.717, 1.165) is 10.5 Å². The van der Waals surface area contributed by atoms with Crippen LogP contribution in [0.2, 0.25) is 0 Å². The fourth-order valence-electron chi connectivity index (χ4n) is 2.91. The molecule has 22 heavy (non-hydrogen) atoms. The van der Waals surface area contributed by atoms with Crippen LogP contribution < -0.4 is 4.90 Å². The number of para-hydroxylation sites is 1. The molecule has 1 aliphatic heterocycles. The van der Waals surface area contributed by atoms with Crippen molar-refractivity contribution in [3.63, 3.8) is 0 Å². The van der Waals surface area contributed by atoms with E-state index in [2.05, 4.69) is 0 Å². The molecule has 0 fully saturated rings. The van der Waals surface area contributed by atoms with Crippen LogP contribution in [0, 0.1) is 0 Å². The molecule has 0 aromatic heterocycles. The molecule has 1 heterocycles. The summed E-state index contributed by atoms with van der Waals surface area (Å²) in [5.74, 6) is -1.83. The summed E-state index contributed by atoms with van der Waals surface area (Å²) in [5.41, 5.74) is 0.685. The molecule has 6 heteroatoms. The van der Waals surface area contributed by atoms with Crippen LogP contribution in [0.25, 0.3) is 0 Å². The second kappa shape index (κ2) is 5.26. The molecule has 1 aliphatic rings. The van der Waals surface area contributed by atoms with Gasteiger partial charge in [0.25, 0.3) is 0 Å². The van der Waals surface area contributed by atoms with Crippen molar-refractivity contribution in [1.82, 2.24) is 0 Å². The number of fused-ring (bicyclic) bond motifs is 1. The fraction of sp³-hybridized carbons (Fsp3) is 0.188. The van der Waals surface area contributed by atoms with Crippen LogP contribution in [0.5, 0.6) is 0 Å². The van der Waals surface area contributed by atoms with Crippen LogP contribution in [-0.2, 0) is 10.3 Å². The van der Waals surface area contributed by atoms with E-state index in [-0.39, 0.29) is 0 Å². The zero-order valence-corrected chi connectivity index (χ0v) is 13.4. The highest BCUT2D eigenvalue weighted by Gasteiger charge is 2.58. The van der Waals surface area contributed by atoms with Gasteiger partial charge in [-0.15, -0.1) is 0 Å². The van der Waals surface area contributed by atoms with E-state index >= 15 is 0 Å². The second-order valence-electron chi connectivity index (χ2n) is 5.02. The first kappa shape index (κ1) is 15.3. The average molecular weight is 417 g/mol. The maximum atomic E-state index is 13.0. The molecule has 0 radical (unpaired) electrons. The Labute approximate surface area is 139 Å². The topological polar surface area (TPSA) is 20.3 Å². The lowest BCUT2D eigenvalue weighted by molar-refractivity contribution is -0.172. The third kappa shape index (κ3) is 2.04. The zero-order chi connectivity index (χ0) is 16.0. The number of carbonyl (C=O) groups is 1. The van der Waals surface area contributed by atoms with Gasteiger partial charge >= 0.3 is 12.1 Å². The maximum absolute atomic E-state index is 13.0. The van der Waals surface area contributed by atoms with Crippen LogP contribution >= 0.6 is 22.6 Å². The van der Waals surface area contributed by atoms with E-state index in [9.17, 15) is 18.0 Å². The predicted molar refractivity (Wildman–Crippen MR) is 86.1 cm³/mol. The van der Waals surface area contributed by atoms with Crippen molar-refractivity contribution < 1.29 is 18.0 Å². The van der Waals surface area contributed by atoms with Crippen LogP contribution in [0.3, 0.4) is 0 Å². The van der Waals surface area contributed by atoms with E-state index < -0.39 is 17.6 Å². The number of rotatable bonds is 2. The highest BCUT2D eigenvalue weighted by molar-refractivity contribution is 14.1. The van der Waals surface area contributed by atoms with Crippen molar-refractivity contribution >= 4 is 34.2 Å². The second-order valence-corrected chi connectivity index (χ2v) is 5.78. The number of hydrogen-bond donors (Lipinski definition) is 0. The summed E-state index contributed by atoms with van der Waals surface area (Å²) < 4.78 is 39.4. The maximum Gasteiger partial charge on any atom is 0.471 e. The van der Waals surface area contributed by atoms with Gasteiger partial charge in [0.15, 0.2) is 0 Å². The van der Waals surface area contributed by atoms with Crippen molar-refractivity contribution in [1.29, 1.82) is 0 Å². The number of halogens is 4. The van der Waals surface area contributed by atoms with E-state index in [1.807, 2.05) is 22.6 Å².